The van der Waals surface area contributed by atoms with Crippen LogP contribution in [-0.4, -0.2) is 49.8 Å². The number of nitrogens with zero attached hydrogens (tertiary/aromatic N) is 2. The summed E-state index contributed by atoms with van der Waals surface area (Å²) in [6, 6.07) is 4.38. The van der Waals surface area contributed by atoms with E-state index < -0.39 is 10.0 Å². The molecular weight excluding hydrogens is 291 g/mol. The number of fused-ring (bicyclic) bond motifs is 1. The van der Waals surface area contributed by atoms with E-state index in [1.54, 1.807) is 11.2 Å². The molecule has 0 aromatic heterocycles. The number of aryl methyl sites for hydroxylation is 1. The summed E-state index contributed by atoms with van der Waals surface area (Å²) in [5.74, 6) is -0.369. The first-order chi connectivity index (χ1) is 9.98. The Labute approximate surface area is 125 Å². The highest BCUT2D eigenvalue weighted by molar-refractivity contribution is 7.89. The van der Waals surface area contributed by atoms with Crippen molar-refractivity contribution in [1.82, 2.24) is 9.21 Å². The lowest BCUT2D eigenvalue weighted by molar-refractivity contribution is 0.257. The Morgan fingerprint density at radius 3 is 2.71 bits per heavy atom. The van der Waals surface area contributed by atoms with E-state index >= 15 is 0 Å². The Kier molecular flexibility index (Phi) is 4.03. The van der Waals surface area contributed by atoms with E-state index in [4.69, 9.17) is 0 Å². The largest absolute Gasteiger partial charge is 0.299 e. The highest BCUT2D eigenvalue weighted by Crippen LogP contribution is 2.26. The van der Waals surface area contributed by atoms with Gasteiger partial charge in [0.2, 0.25) is 10.0 Å². The molecular formula is C15H21FN2O2S. The molecule has 0 unspecified atom stereocenters. The molecule has 0 radical (unpaired) electrons. The number of halogens is 1. The summed E-state index contributed by atoms with van der Waals surface area (Å²) in [6.07, 6.45) is 3.07. The van der Waals surface area contributed by atoms with Gasteiger partial charge < -0.3 is 0 Å². The van der Waals surface area contributed by atoms with Crippen LogP contribution in [0, 0.1) is 12.7 Å². The van der Waals surface area contributed by atoms with Crippen LogP contribution >= 0.6 is 0 Å². The van der Waals surface area contributed by atoms with Crippen molar-refractivity contribution in [2.45, 2.75) is 37.1 Å². The van der Waals surface area contributed by atoms with Gasteiger partial charge in [-0.25, -0.2) is 12.8 Å². The number of benzene rings is 1. The summed E-state index contributed by atoms with van der Waals surface area (Å²) in [5, 5.41) is 0. The smallest absolute Gasteiger partial charge is 0.243 e. The summed E-state index contributed by atoms with van der Waals surface area (Å²) >= 11 is 0. The molecule has 2 aliphatic rings. The summed E-state index contributed by atoms with van der Waals surface area (Å²) < 4.78 is 40.5. The van der Waals surface area contributed by atoms with E-state index in [0.29, 0.717) is 24.7 Å². The second kappa shape index (κ2) is 5.66. The molecule has 6 heteroatoms. The minimum absolute atomic E-state index is 0.202. The van der Waals surface area contributed by atoms with Crippen molar-refractivity contribution in [2.75, 3.05) is 26.2 Å². The second-order valence-electron chi connectivity index (χ2n) is 5.96. The topological polar surface area (TPSA) is 40.6 Å². The molecule has 2 fully saturated rings. The SMILES string of the molecule is Cc1cc(S(=O)(=O)N2CCCN3CCC[C@@H]3C2)ccc1F. The highest BCUT2D eigenvalue weighted by atomic mass is 32.2. The van der Waals surface area contributed by atoms with Gasteiger partial charge in [-0.1, -0.05) is 0 Å². The van der Waals surface area contributed by atoms with E-state index in [-0.39, 0.29) is 10.7 Å². The Bertz CT molecular complexity index is 633. The third-order valence-corrected chi connectivity index (χ3v) is 6.39. The Morgan fingerprint density at radius 2 is 1.95 bits per heavy atom. The van der Waals surface area contributed by atoms with Crippen LogP contribution in [0.1, 0.15) is 24.8 Å². The molecule has 0 bridgehead atoms. The molecule has 116 valence electrons. The van der Waals surface area contributed by atoms with Gasteiger partial charge in [0, 0.05) is 19.1 Å². The van der Waals surface area contributed by atoms with Gasteiger partial charge in [-0.3, -0.25) is 4.90 Å². The lowest BCUT2D eigenvalue weighted by Gasteiger charge is -2.25. The zero-order valence-electron chi connectivity index (χ0n) is 12.3. The average molecular weight is 312 g/mol. The molecule has 0 aliphatic carbocycles. The monoisotopic (exact) mass is 312 g/mol. The molecule has 4 nitrogen and oxygen atoms in total. The predicted molar refractivity (Wildman–Crippen MR) is 79.1 cm³/mol. The highest BCUT2D eigenvalue weighted by Gasteiger charge is 2.34. The van der Waals surface area contributed by atoms with Gasteiger partial charge in [-0.15, -0.1) is 0 Å². The lowest BCUT2D eigenvalue weighted by Crippen LogP contribution is -2.39. The maximum absolute atomic E-state index is 13.4. The number of rotatable bonds is 2. The summed E-state index contributed by atoms with van der Waals surface area (Å²) in [7, 11) is -3.52. The van der Waals surface area contributed by atoms with Gasteiger partial charge in [0.05, 0.1) is 4.90 Å². The first kappa shape index (κ1) is 14.9. The van der Waals surface area contributed by atoms with Crippen LogP contribution in [-0.2, 0) is 10.0 Å². The van der Waals surface area contributed by atoms with Gasteiger partial charge in [0.15, 0.2) is 0 Å². The summed E-state index contributed by atoms with van der Waals surface area (Å²) in [4.78, 5) is 2.60. The second-order valence-corrected chi connectivity index (χ2v) is 7.90. The van der Waals surface area contributed by atoms with Crippen LogP contribution in [0.2, 0.25) is 0 Å². The maximum Gasteiger partial charge on any atom is 0.243 e. The zero-order chi connectivity index (χ0) is 15.0. The lowest BCUT2D eigenvalue weighted by atomic mass is 10.2. The van der Waals surface area contributed by atoms with Crippen LogP contribution in [0.3, 0.4) is 0 Å². The molecule has 0 N–H and O–H groups in total. The number of sulfonamides is 1. The van der Waals surface area contributed by atoms with Crippen LogP contribution in [0.25, 0.3) is 0 Å². The van der Waals surface area contributed by atoms with E-state index in [2.05, 4.69) is 4.90 Å². The normalized spacial score (nSPS) is 24.8. The van der Waals surface area contributed by atoms with Gasteiger partial charge in [-0.2, -0.15) is 4.31 Å². The fraction of sp³-hybridized carbons (Fsp3) is 0.600. The first-order valence-electron chi connectivity index (χ1n) is 7.49. The van der Waals surface area contributed by atoms with E-state index in [0.717, 1.165) is 32.4 Å². The van der Waals surface area contributed by atoms with Crippen molar-refractivity contribution < 1.29 is 12.8 Å². The summed E-state index contributed by atoms with van der Waals surface area (Å²) in [5.41, 5.74) is 0.369. The van der Waals surface area contributed by atoms with Crippen molar-refractivity contribution in [1.29, 1.82) is 0 Å². The van der Waals surface area contributed by atoms with Crippen LogP contribution in [0.15, 0.2) is 23.1 Å². The van der Waals surface area contributed by atoms with Crippen molar-refractivity contribution >= 4 is 10.0 Å². The summed E-state index contributed by atoms with van der Waals surface area (Å²) in [6.45, 7) is 4.74. The maximum atomic E-state index is 13.4. The number of hydrogen-bond donors (Lipinski definition) is 0. The minimum Gasteiger partial charge on any atom is -0.299 e. The third-order valence-electron chi connectivity index (χ3n) is 4.53. The molecule has 2 aliphatic heterocycles. The van der Waals surface area contributed by atoms with Gasteiger partial charge >= 0.3 is 0 Å². The molecule has 2 heterocycles. The standard InChI is InChI=1S/C15H21FN2O2S/c1-12-10-14(5-6-15(12)16)21(19,20)18-9-3-8-17-7-2-4-13(17)11-18/h5-6,10,13H,2-4,7-9,11H2,1H3/t13-/m1/s1. The van der Waals surface area contributed by atoms with Gasteiger partial charge in [0.1, 0.15) is 5.82 Å². The quantitative estimate of drug-likeness (QED) is 0.838. The van der Waals surface area contributed by atoms with Crippen molar-refractivity contribution in [3.63, 3.8) is 0 Å². The number of hydrogen-bond acceptors (Lipinski definition) is 3. The van der Waals surface area contributed by atoms with Crippen LogP contribution in [0.5, 0.6) is 0 Å². The van der Waals surface area contributed by atoms with Crippen molar-refractivity contribution in [2.24, 2.45) is 0 Å². The van der Waals surface area contributed by atoms with Gasteiger partial charge in [-0.05, 0) is 63.0 Å². The fourth-order valence-electron chi connectivity index (χ4n) is 3.32. The molecule has 0 saturated carbocycles. The molecule has 1 aromatic rings. The zero-order valence-corrected chi connectivity index (χ0v) is 13.1. The molecule has 21 heavy (non-hydrogen) atoms. The van der Waals surface area contributed by atoms with Crippen molar-refractivity contribution in [3.05, 3.63) is 29.6 Å². The molecule has 1 aromatic carbocycles. The fourth-order valence-corrected chi connectivity index (χ4v) is 4.92. The molecule has 1 atom stereocenters. The van der Waals surface area contributed by atoms with Crippen LogP contribution in [0.4, 0.5) is 4.39 Å². The third kappa shape index (κ3) is 2.84. The molecule has 0 amide bonds. The Morgan fingerprint density at radius 1 is 1.19 bits per heavy atom. The Balaban J connectivity index is 1.88. The molecule has 3 rings (SSSR count). The first-order valence-corrected chi connectivity index (χ1v) is 8.93. The Hall–Kier alpha value is -0.980. The molecule has 2 saturated heterocycles. The van der Waals surface area contributed by atoms with Gasteiger partial charge in [0.25, 0.3) is 0 Å². The predicted octanol–water partition coefficient (Wildman–Crippen LogP) is 1.99. The van der Waals surface area contributed by atoms with E-state index in [1.165, 1.54) is 18.2 Å². The van der Waals surface area contributed by atoms with E-state index in [9.17, 15) is 12.8 Å². The molecule has 0 spiro atoms. The van der Waals surface area contributed by atoms with Crippen molar-refractivity contribution in [3.8, 4) is 0 Å². The van der Waals surface area contributed by atoms with E-state index in [1.807, 2.05) is 0 Å². The van der Waals surface area contributed by atoms with Crippen LogP contribution < -0.4 is 0 Å². The minimum atomic E-state index is -3.52. The average Bonchev–Trinajstić information content (AvgIpc) is 2.78.